The topological polar surface area (TPSA) is 71.3 Å². The summed E-state index contributed by atoms with van der Waals surface area (Å²) in [6, 6.07) is 13.4. The second-order valence-corrected chi connectivity index (χ2v) is 7.93. The highest BCUT2D eigenvalue weighted by Gasteiger charge is 2.26. The third-order valence-corrected chi connectivity index (χ3v) is 5.52. The number of nitrogens with zero attached hydrogens (tertiary/aromatic N) is 1. The first-order valence-electron chi connectivity index (χ1n) is 9.88. The molecule has 2 N–H and O–H groups in total. The number of hydrogen-bond donors (Lipinski definition) is 2. The summed E-state index contributed by atoms with van der Waals surface area (Å²) in [5.41, 5.74) is 2.68. The van der Waals surface area contributed by atoms with Crippen LogP contribution in [0.5, 0.6) is 0 Å². The van der Waals surface area contributed by atoms with Gasteiger partial charge >= 0.3 is 0 Å². The molecule has 5 nitrogen and oxygen atoms in total. The molecular weight excluding hydrogens is 388 g/mol. The highest BCUT2D eigenvalue weighted by molar-refractivity contribution is 6.30. The average Bonchev–Trinajstić information content (AvgIpc) is 3.57. The lowest BCUT2D eigenvalue weighted by Gasteiger charge is -2.14. The Bertz CT molecular complexity index is 1100. The van der Waals surface area contributed by atoms with Crippen LogP contribution in [-0.2, 0) is 13.0 Å². The van der Waals surface area contributed by atoms with Crippen LogP contribution in [0.4, 0.5) is 0 Å². The van der Waals surface area contributed by atoms with Crippen LogP contribution < -0.4 is 10.7 Å². The number of carbonyl (C=O) groups is 1. The molecule has 0 bridgehead atoms. The molecule has 6 heteroatoms. The SMILES string of the molecule is O=C(NCc1ccc(Cl)cc1)c1cn(C2CC2)c2ccc(CCCO)cc2c1=O. The Morgan fingerprint density at radius 3 is 2.55 bits per heavy atom. The molecule has 4 rings (SSSR count). The van der Waals surface area contributed by atoms with E-state index in [0.29, 0.717) is 35.8 Å². The number of fused-ring (bicyclic) bond motifs is 1. The minimum atomic E-state index is -0.373. The zero-order valence-electron chi connectivity index (χ0n) is 16.0. The maximum atomic E-state index is 13.1. The highest BCUT2D eigenvalue weighted by Crippen LogP contribution is 2.37. The normalized spacial score (nSPS) is 13.6. The van der Waals surface area contributed by atoms with E-state index in [-0.39, 0.29) is 23.5 Å². The van der Waals surface area contributed by atoms with E-state index in [1.165, 1.54) is 0 Å². The summed E-state index contributed by atoms with van der Waals surface area (Å²) in [6.07, 6.45) is 5.14. The van der Waals surface area contributed by atoms with E-state index in [1.807, 2.05) is 30.3 Å². The lowest BCUT2D eigenvalue weighted by Crippen LogP contribution is -2.29. The predicted octanol–water partition coefficient (Wildman–Crippen LogP) is 3.84. The second-order valence-electron chi connectivity index (χ2n) is 7.50. The Kier molecular flexibility index (Phi) is 5.69. The fraction of sp³-hybridized carbons (Fsp3) is 0.304. The van der Waals surface area contributed by atoms with Gasteiger partial charge in [-0.2, -0.15) is 0 Å². The molecule has 0 spiro atoms. The van der Waals surface area contributed by atoms with Gasteiger partial charge in [0, 0.05) is 35.8 Å². The number of pyridine rings is 1. The third-order valence-electron chi connectivity index (χ3n) is 5.27. The Balaban J connectivity index is 1.67. The summed E-state index contributed by atoms with van der Waals surface area (Å²) in [6.45, 7) is 0.435. The molecule has 0 unspecified atom stereocenters. The number of aromatic nitrogens is 1. The highest BCUT2D eigenvalue weighted by atomic mass is 35.5. The maximum Gasteiger partial charge on any atom is 0.257 e. The average molecular weight is 411 g/mol. The molecule has 29 heavy (non-hydrogen) atoms. The Hall–Kier alpha value is -2.63. The van der Waals surface area contributed by atoms with Gasteiger partial charge in [0.25, 0.3) is 5.91 Å². The van der Waals surface area contributed by atoms with E-state index >= 15 is 0 Å². The van der Waals surface area contributed by atoms with Gasteiger partial charge in [0.05, 0.1) is 5.52 Å². The molecule has 1 heterocycles. The van der Waals surface area contributed by atoms with E-state index < -0.39 is 0 Å². The third kappa shape index (κ3) is 4.36. The quantitative estimate of drug-likeness (QED) is 0.621. The fourth-order valence-electron chi connectivity index (χ4n) is 3.54. The summed E-state index contributed by atoms with van der Waals surface area (Å²) in [4.78, 5) is 25.9. The van der Waals surface area contributed by atoms with Crippen LogP contribution in [0.15, 0.2) is 53.5 Å². The number of aliphatic hydroxyl groups is 1. The molecule has 0 atom stereocenters. The summed E-state index contributed by atoms with van der Waals surface area (Å²) >= 11 is 5.90. The molecule has 1 saturated carbocycles. The number of nitrogens with one attached hydrogen (secondary N) is 1. The van der Waals surface area contributed by atoms with Crippen molar-refractivity contribution in [1.82, 2.24) is 9.88 Å². The Morgan fingerprint density at radius 1 is 1.14 bits per heavy atom. The maximum absolute atomic E-state index is 13.1. The summed E-state index contributed by atoms with van der Waals surface area (Å²) in [7, 11) is 0. The number of aliphatic hydroxyl groups excluding tert-OH is 1. The van der Waals surface area contributed by atoms with E-state index in [9.17, 15) is 9.59 Å². The summed E-state index contributed by atoms with van der Waals surface area (Å²) in [5.74, 6) is -0.373. The van der Waals surface area contributed by atoms with Gasteiger partial charge in [-0.05, 0) is 61.1 Å². The monoisotopic (exact) mass is 410 g/mol. The molecule has 1 aromatic heterocycles. The predicted molar refractivity (Wildman–Crippen MR) is 115 cm³/mol. The van der Waals surface area contributed by atoms with Crippen molar-refractivity contribution in [3.05, 3.63) is 80.6 Å². The second kappa shape index (κ2) is 8.39. The minimum Gasteiger partial charge on any atom is -0.396 e. The van der Waals surface area contributed by atoms with Crippen molar-refractivity contribution in [3.63, 3.8) is 0 Å². The van der Waals surface area contributed by atoms with Crippen LogP contribution in [0.3, 0.4) is 0 Å². The van der Waals surface area contributed by atoms with Crippen molar-refractivity contribution in [2.45, 2.75) is 38.3 Å². The van der Waals surface area contributed by atoms with Crippen LogP contribution in [0.1, 0.15) is 46.8 Å². The van der Waals surface area contributed by atoms with E-state index in [0.717, 1.165) is 29.5 Å². The largest absolute Gasteiger partial charge is 0.396 e. The number of rotatable bonds is 7. The molecular formula is C23H23ClN2O3. The van der Waals surface area contributed by atoms with Crippen molar-refractivity contribution in [2.75, 3.05) is 6.61 Å². The molecule has 1 aliphatic rings. The Labute approximate surface area is 173 Å². The van der Waals surface area contributed by atoms with Crippen molar-refractivity contribution in [2.24, 2.45) is 0 Å². The minimum absolute atomic E-state index is 0.109. The Morgan fingerprint density at radius 2 is 1.86 bits per heavy atom. The van der Waals surface area contributed by atoms with E-state index in [2.05, 4.69) is 9.88 Å². The number of halogens is 1. The molecule has 1 aliphatic carbocycles. The van der Waals surface area contributed by atoms with Gasteiger partial charge in [-0.1, -0.05) is 29.8 Å². The van der Waals surface area contributed by atoms with Gasteiger partial charge in [0.15, 0.2) is 0 Å². The molecule has 0 saturated heterocycles. The van der Waals surface area contributed by atoms with Gasteiger partial charge in [0.1, 0.15) is 5.56 Å². The first kappa shape index (κ1) is 19.7. The van der Waals surface area contributed by atoms with Gasteiger partial charge < -0.3 is 15.0 Å². The molecule has 0 radical (unpaired) electrons. The number of carbonyl (C=O) groups excluding carboxylic acids is 1. The number of hydrogen-bond acceptors (Lipinski definition) is 3. The summed E-state index contributed by atoms with van der Waals surface area (Å²) in [5, 5.41) is 13.1. The van der Waals surface area contributed by atoms with Crippen LogP contribution >= 0.6 is 11.6 Å². The van der Waals surface area contributed by atoms with Crippen molar-refractivity contribution in [3.8, 4) is 0 Å². The molecule has 0 aliphatic heterocycles. The fourth-order valence-corrected chi connectivity index (χ4v) is 3.66. The van der Waals surface area contributed by atoms with Gasteiger partial charge in [-0.25, -0.2) is 0 Å². The first-order valence-corrected chi connectivity index (χ1v) is 10.3. The lowest BCUT2D eigenvalue weighted by molar-refractivity contribution is 0.0949. The number of aryl methyl sites for hydroxylation is 1. The molecule has 1 fully saturated rings. The molecule has 2 aromatic carbocycles. The van der Waals surface area contributed by atoms with Crippen molar-refractivity contribution in [1.29, 1.82) is 0 Å². The van der Waals surface area contributed by atoms with E-state index in [4.69, 9.17) is 16.7 Å². The smallest absolute Gasteiger partial charge is 0.257 e. The van der Waals surface area contributed by atoms with Gasteiger partial charge in [0.2, 0.25) is 5.43 Å². The van der Waals surface area contributed by atoms with Crippen molar-refractivity contribution >= 4 is 28.4 Å². The van der Waals surface area contributed by atoms with Crippen molar-refractivity contribution < 1.29 is 9.90 Å². The lowest BCUT2D eigenvalue weighted by atomic mass is 10.0. The van der Waals surface area contributed by atoms with Crippen LogP contribution in [-0.4, -0.2) is 22.2 Å². The molecule has 3 aromatic rings. The van der Waals surface area contributed by atoms with Gasteiger partial charge in [-0.3, -0.25) is 9.59 Å². The molecule has 150 valence electrons. The van der Waals surface area contributed by atoms with Gasteiger partial charge in [-0.15, -0.1) is 0 Å². The zero-order valence-corrected chi connectivity index (χ0v) is 16.8. The number of benzene rings is 2. The van der Waals surface area contributed by atoms with Crippen LogP contribution in [0.2, 0.25) is 5.02 Å². The standard InChI is InChI=1S/C23H23ClN2O3/c24-17-6-3-16(4-7-17)13-25-23(29)20-14-26(18-8-9-18)21-10-5-15(2-1-11-27)12-19(21)22(20)28/h3-7,10,12,14,18,27H,1-2,8-9,11,13H2,(H,25,29). The summed E-state index contributed by atoms with van der Waals surface area (Å²) < 4.78 is 2.06. The molecule has 1 amide bonds. The van der Waals surface area contributed by atoms with Crippen LogP contribution in [0.25, 0.3) is 10.9 Å². The number of amides is 1. The van der Waals surface area contributed by atoms with Crippen LogP contribution in [0, 0.1) is 0 Å². The zero-order chi connectivity index (χ0) is 20.4. The van der Waals surface area contributed by atoms with E-state index in [1.54, 1.807) is 18.3 Å². The first-order chi connectivity index (χ1) is 14.1.